The summed E-state index contributed by atoms with van der Waals surface area (Å²) in [5, 5.41) is 13.9. The van der Waals surface area contributed by atoms with Gasteiger partial charge in [0.05, 0.1) is 6.21 Å². The normalized spacial score (nSPS) is 11.2. The van der Waals surface area contributed by atoms with Crippen molar-refractivity contribution in [2.24, 2.45) is 5.10 Å². The predicted molar refractivity (Wildman–Crippen MR) is 133 cm³/mol. The van der Waals surface area contributed by atoms with E-state index in [4.69, 9.17) is 4.74 Å². The van der Waals surface area contributed by atoms with E-state index < -0.39 is 0 Å². The van der Waals surface area contributed by atoms with Crippen molar-refractivity contribution in [3.63, 3.8) is 0 Å². The number of ether oxygens (including phenoxy) is 1. The van der Waals surface area contributed by atoms with Crippen LogP contribution >= 0.6 is 27.7 Å². The molecule has 0 saturated heterocycles. The van der Waals surface area contributed by atoms with Gasteiger partial charge in [0.1, 0.15) is 12.4 Å². The van der Waals surface area contributed by atoms with Gasteiger partial charge >= 0.3 is 0 Å². The molecule has 1 aromatic heterocycles. The van der Waals surface area contributed by atoms with Crippen LogP contribution in [-0.4, -0.2) is 21.1 Å². The van der Waals surface area contributed by atoms with Crippen molar-refractivity contribution in [1.82, 2.24) is 14.9 Å². The van der Waals surface area contributed by atoms with Gasteiger partial charge in [-0.15, -0.1) is 10.2 Å². The summed E-state index contributed by atoms with van der Waals surface area (Å²) in [6, 6.07) is 24.4. The third kappa shape index (κ3) is 5.66. The van der Waals surface area contributed by atoms with Crippen molar-refractivity contribution < 1.29 is 4.74 Å². The number of aromatic nitrogens is 3. The number of halogens is 1. The van der Waals surface area contributed by atoms with Crippen LogP contribution in [0.15, 0.2) is 87.5 Å². The first-order valence-electron chi connectivity index (χ1n) is 10.2. The fourth-order valence-electron chi connectivity index (χ4n) is 3.06. The summed E-state index contributed by atoms with van der Waals surface area (Å²) in [6.45, 7) is 4.50. The third-order valence-corrected chi connectivity index (χ3v) is 6.44. The number of aryl methyl sites for hydroxylation is 2. The molecule has 0 unspecified atom stereocenters. The molecule has 4 aromatic rings. The number of rotatable bonds is 8. The summed E-state index contributed by atoms with van der Waals surface area (Å²) in [7, 11) is 0. The summed E-state index contributed by atoms with van der Waals surface area (Å²) in [6.07, 6.45) is 1.80. The molecule has 0 aliphatic carbocycles. The number of hydrogen-bond donors (Lipinski definition) is 0. The van der Waals surface area contributed by atoms with Gasteiger partial charge in [0.2, 0.25) is 5.16 Å². The highest BCUT2D eigenvalue weighted by Gasteiger charge is 2.10. The van der Waals surface area contributed by atoms with E-state index in [1.54, 1.807) is 22.7 Å². The Morgan fingerprint density at radius 3 is 2.53 bits per heavy atom. The van der Waals surface area contributed by atoms with Gasteiger partial charge in [-0.05, 0) is 54.8 Å². The van der Waals surface area contributed by atoms with E-state index in [0.717, 1.165) is 32.5 Å². The lowest BCUT2D eigenvalue weighted by Gasteiger charge is -2.11. The maximum atomic E-state index is 6.11. The molecule has 0 bridgehead atoms. The van der Waals surface area contributed by atoms with Gasteiger partial charge in [-0.1, -0.05) is 76.2 Å². The summed E-state index contributed by atoms with van der Waals surface area (Å²) in [5.74, 6) is 2.31. The van der Waals surface area contributed by atoms with Crippen LogP contribution in [0.1, 0.15) is 28.1 Å². The van der Waals surface area contributed by atoms with E-state index in [-0.39, 0.29) is 0 Å². The Labute approximate surface area is 200 Å². The molecule has 0 aliphatic rings. The van der Waals surface area contributed by atoms with Gasteiger partial charge in [-0.2, -0.15) is 9.78 Å². The lowest BCUT2D eigenvalue weighted by Crippen LogP contribution is -2.01. The van der Waals surface area contributed by atoms with E-state index in [9.17, 15) is 0 Å². The van der Waals surface area contributed by atoms with E-state index >= 15 is 0 Å². The topological polar surface area (TPSA) is 52.3 Å². The van der Waals surface area contributed by atoms with Crippen LogP contribution in [0.2, 0.25) is 0 Å². The second-order valence-electron chi connectivity index (χ2n) is 7.25. The molecular weight excluding hydrogens is 484 g/mol. The molecule has 0 fully saturated rings. The average Bonchev–Trinajstić information content (AvgIpc) is 3.16. The largest absolute Gasteiger partial charge is 0.488 e. The van der Waals surface area contributed by atoms with Crippen LogP contribution in [0.3, 0.4) is 0 Å². The van der Waals surface area contributed by atoms with Crippen LogP contribution < -0.4 is 4.74 Å². The Morgan fingerprint density at radius 2 is 1.72 bits per heavy atom. The summed E-state index contributed by atoms with van der Waals surface area (Å²) >= 11 is 5.07. The molecule has 32 heavy (non-hydrogen) atoms. The van der Waals surface area contributed by atoms with Gasteiger partial charge in [0, 0.05) is 15.8 Å². The molecule has 0 saturated carbocycles. The number of para-hydroxylation sites is 1. The van der Waals surface area contributed by atoms with Gasteiger partial charge in [0.25, 0.3) is 0 Å². The Balaban J connectivity index is 1.48. The summed E-state index contributed by atoms with van der Waals surface area (Å²) in [5.41, 5.74) is 4.49. The number of hydrogen-bond acceptors (Lipinski definition) is 5. The molecule has 0 aliphatic heterocycles. The molecule has 4 rings (SSSR count). The standard InChI is InChI=1S/C25H23BrN4OS/c1-18-7-3-4-9-22(18)16-31-24-10-6-5-8-21(24)15-27-30-19(2)28-29-25(30)32-17-20-11-13-23(26)14-12-20/h3-15H,16-17H2,1-2H3/b27-15-. The second kappa shape index (κ2) is 10.6. The van der Waals surface area contributed by atoms with Crippen molar-refractivity contribution in [1.29, 1.82) is 0 Å². The maximum Gasteiger partial charge on any atom is 0.212 e. The van der Waals surface area contributed by atoms with Crippen LogP contribution in [0.4, 0.5) is 0 Å². The van der Waals surface area contributed by atoms with E-state index in [0.29, 0.717) is 6.61 Å². The molecule has 162 valence electrons. The summed E-state index contributed by atoms with van der Waals surface area (Å²) in [4.78, 5) is 0. The Morgan fingerprint density at radius 1 is 0.969 bits per heavy atom. The highest BCUT2D eigenvalue weighted by molar-refractivity contribution is 9.10. The number of benzene rings is 3. The van der Waals surface area contributed by atoms with Gasteiger partial charge < -0.3 is 4.74 Å². The second-order valence-corrected chi connectivity index (χ2v) is 9.11. The smallest absolute Gasteiger partial charge is 0.212 e. The molecule has 0 N–H and O–H groups in total. The van der Waals surface area contributed by atoms with Crippen LogP contribution in [-0.2, 0) is 12.4 Å². The summed E-state index contributed by atoms with van der Waals surface area (Å²) < 4.78 is 8.94. The van der Waals surface area contributed by atoms with Crippen LogP contribution in [0, 0.1) is 13.8 Å². The number of thioether (sulfide) groups is 1. The van der Waals surface area contributed by atoms with Gasteiger partial charge in [0.15, 0.2) is 5.82 Å². The van der Waals surface area contributed by atoms with Crippen LogP contribution in [0.5, 0.6) is 5.75 Å². The van der Waals surface area contributed by atoms with Crippen LogP contribution in [0.25, 0.3) is 0 Å². The molecule has 7 heteroatoms. The minimum Gasteiger partial charge on any atom is -0.488 e. The number of nitrogens with zero attached hydrogens (tertiary/aromatic N) is 4. The monoisotopic (exact) mass is 506 g/mol. The van der Waals surface area contributed by atoms with Gasteiger partial charge in [-0.25, -0.2) is 0 Å². The van der Waals surface area contributed by atoms with Crippen molar-refractivity contribution in [2.75, 3.05) is 0 Å². The maximum absolute atomic E-state index is 6.11. The Bertz CT molecular complexity index is 1220. The predicted octanol–water partition coefficient (Wildman–Crippen LogP) is 6.41. The first kappa shape index (κ1) is 22.3. The molecule has 0 amide bonds. The highest BCUT2D eigenvalue weighted by atomic mass is 79.9. The van der Waals surface area contributed by atoms with E-state index in [1.165, 1.54) is 16.7 Å². The molecule has 0 atom stereocenters. The molecule has 1 heterocycles. The highest BCUT2D eigenvalue weighted by Crippen LogP contribution is 2.24. The first-order chi connectivity index (χ1) is 15.6. The zero-order valence-electron chi connectivity index (χ0n) is 17.9. The van der Waals surface area contributed by atoms with Crippen molar-refractivity contribution >= 4 is 33.9 Å². The first-order valence-corrected chi connectivity index (χ1v) is 12.0. The average molecular weight is 507 g/mol. The Kier molecular flexibility index (Phi) is 7.39. The molecule has 5 nitrogen and oxygen atoms in total. The fraction of sp³-hybridized carbons (Fsp3) is 0.160. The molecule has 3 aromatic carbocycles. The van der Waals surface area contributed by atoms with Crippen molar-refractivity contribution in [3.8, 4) is 5.75 Å². The lowest BCUT2D eigenvalue weighted by atomic mass is 10.1. The fourth-order valence-corrected chi connectivity index (χ4v) is 4.21. The molecular formula is C25H23BrN4OS. The Hall–Kier alpha value is -2.90. The van der Waals surface area contributed by atoms with E-state index in [2.05, 4.69) is 62.4 Å². The quantitative estimate of drug-likeness (QED) is 0.204. The minimum atomic E-state index is 0.511. The van der Waals surface area contributed by atoms with E-state index in [1.807, 2.05) is 55.5 Å². The molecule has 0 spiro atoms. The van der Waals surface area contributed by atoms with Crippen molar-refractivity contribution in [3.05, 3.63) is 105 Å². The lowest BCUT2D eigenvalue weighted by molar-refractivity contribution is 0.305. The SMILES string of the molecule is Cc1ccccc1COc1ccccc1/C=N\n1c(C)nnc1SCc1ccc(Br)cc1. The van der Waals surface area contributed by atoms with Gasteiger partial charge in [-0.3, -0.25) is 0 Å². The zero-order chi connectivity index (χ0) is 22.3. The zero-order valence-corrected chi connectivity index (χ0v) is 20.3. The minimum absolute atomic E-state index is 0.511. The third-order valence-electron chi connectivity index (χ3n) is 4.92. The van der Waals surface area contributed by atoms with Crippen molar-refractivity contribution in [2.45, 2.75) is 31.4 Å². The molecule has 0 radical (unpaired) electrons.